The van der Waals surface area contributed by atoms with Gasteiger partial charge < -0.3 is 15.0 Å². The van der Waals surface area contributed by atoms with E-state index in [4.69, 9.17) is 4.74 Å². The van der Waals surface area contributed by atoms with Crippen molar-refractivity contribution < 1.29 is 9.53 Å². The first kappa shape index (κ1) is 16.8. The number of hydrogen-bond acceptors (Lipinski definition) is 4. The van der Waals surface area contributed by atoms with Gasteiger partial charge in [-0.15, -0.1) is 0 Å². The summed E-state index contributed by atoms with van der Waals surface area (Å²) in [4.78, 5) is 14.5. The molecule has 1 N–H and O–H groups in total. The van der Waals surface area contributed by atoms with Crippen LogP contribution in [-0.2, 0) is 9.53 Å². The molecule has 0 atom stereocenters. The van der Waals surface area contributed by atoms with Crippen molar-refractivity contribution in [1.82, 2.24) is 10.2 Å². The molecule has 2 saturated heterocycles. The average Bonchev–Trinajstić information content (AvgIpc) is 2.40. The van der Waals surface area contributed by atoms with E-state index in [0.29, 0.717) is 12.3 Å². The number of hydrogen-bond donors (Lipinski definition) is 1. The standard InChI is InChI=1S/C17H32N2O2/c1-17(2,3)21-16(20)12-14-6-10-19(11-7-14)13-15-4-8-18-9-5-15/h14-15,18H,4-13H2,1-3H3. The molecular weight excluding hydrogens is 264 g/mol. The lowest BCUT2D eigenvalue weighted by Gasteiger charge is -2.35. The lowest BCUT2D eigenvalue weighted by atomic mass is 9.91. The van der Waals surface area contributed by atoms with Gasteiger partial charge in [-0.1, -0.05) is 0 Å². The second-order valence-corrected chi connectivity index (χ2v) is 7.73. The highest BCUT2D eigenvalue weighted by atomic mass is 16.6. The monoisotopic (exact) mass is 296 g/mol. The maximum atomic E-state index is 11.9. The second-order valence-electron chi connectivity index (χ2n) is 7.73. The summed E-state index contributed by atoms with van der Waals surface area (Å²) in [6.07, 6.45) is 5.52. The van der Waals surface area contributed by atoms with Gasteiger partial charge in [0.25, 0.3) is 0 Å². The third-order valence-electron chi connectivity index (χ3n) is 4.56. The van der Waals surface area contributed by atoms with Crippen molar-refractivity contribution in [2.75, 3.05) is 32.7 Å². The number of carbonyl (C=O) groups is 1. The minimum absolute atomic E-state index is 0.0284. The predicted octanol–water partition coefficient (Wildman–Crippen LogP) is 2.43. The van der Waals surface area contributed by atoms with Gasteiger partial charge in [0.15, 0.2) is 0 Å². The smallest absolute Gasteiger partial charge is 0.306 e. The maximum Gasteiger partial charge on any atom is 0.306 e. The van der Waals surface area contributed by atoms with Gasteiger partial charge >= 0.3 is 5.97 Å². The normalized spacial score (nSPS) is 23.2. The van der Waals surface area contributed by atoms with Gasteiger partial charge in [0.1, 0.15) is 5.60 Å². The first-order chi connectivity index (χ1) is 9.92. The Kier molecular flexibility index (Phi) is 6.06. The third-order valence-corrected chi connectivity index (χ3v) is 4.56. The molecule has 0 amide bonds. The molecule has 2 aliphatic rings. The van der Waals surface area contributed by atoms with E-state index >= 15 is 0 Å². The first-order valence-corrected chi connectivity index (χ1v) is 8.57. The number of piperidine rings is 2. The predicted molar refractivity (Wildman–Crippen MR) is 85.2 cm³/mol. The maximum absolute atomic E-state index is 11.9. The molecule has 0 saturated carbocycles. The Bertz CT molecular complexity index is 324. The first-order valence-electron chi connectivity index (χ1n) is 8.57. The van der Waals surface area contributed by atoms with E-state index < -0.39 is 0 Å². The van der Waals surface area contributed by atoms with E-state index in [1.165, 1.54) is 32.5 Å². The summed E-state index contributed by atoms with van der Waals surface area (Å²) in [6, 6.07) is 0. The van der Waals surface area contributed by atoms with Crippen molar-refractivity contribution in [2.24, 2.45) is 11.8 Å². The molecule has 21 heavy (non-hydrogen) atoms. The van der Waals surface area contributed by atoms with Crippen LogP contribution in [0.15, 0.2) is 0 Å². The van der Waals surface area contributed by atoms with Crippen LogP contribution in [0.4, 0.5) is 0 Å². The van der Waals surface area contributed by atoms with E-state index in [2.05, 4.69) is 10.2 Å². The quantitative estimate of drug-likeness (QED) is 0.809. The van der Waals surface area contributed by atoms with E-state index in [1.807, 2.05) is 20.8 Å². The van der Waals surface area contributed by atoms with Gasteiger partial charge in [0.05, 0.1) is 0 Å². The Balaban J connectivity index is 1.64. The van der Waals surface area contributed by atoms with E-state index in [-0.39, 0.29) is 11.6 Å². The molecular formula is C17H32N2O2. The largest absolute Gasteiger partial charge is 0.460 e. The second kappa shape index (κ2) is 7.59. The van der Waals surface area contributed by atoms with E-state index in [1.54, 1.807) is 0 Å². The Morgan fingerprint density at radius 1 is 1.10 bits per heavy atom. The Hall–Kier alpha value is -0.610. The molecule has 2 aliphatic heterocycles. The number of likely N-dealkylation sites (tertiary alicyclic amines) is 1. The van der Waals surface area contributed by atoms with Crippen molar-refractivity contribution in [3.05, 3.63) is 0 Å². The molecule has 0 unspecified atom stereocenters. The Morgan fingerprint density at radius 3 is 2.29 bits per heavy atom. The lowest BCUT2D eigenvalue weighted by Crippen LogP contribution is -2.40. The summed E-state index contributed by atoms with van der Waals surface area (Å²) in [7, 11) is 0. The van der Waals surface area contributed by atoms with Crippen molar-refractivity contribution in [3.8, 4) is 0 Å². The van der Waals surface area contributed by atoms with Crippen LogP contribution in [0.2, 0.25) is 0 Å². The molecule has 2 heterocycles. The minimum Gasteiger partial charge on any atom is -0.460 e. The SMILES string of the molecule is CC(C)(C)OC(=O)CC1CCN(CC2CCNCC2)CC1. The highest BCUT2D eigenvalue weighted by molar-refractivity contribution is 5.70. The van der Waals surface area contributed by atoms with Crippen LogP contribution in [-0.4, -0.2) is 49.2 Å². The van der Waals surface area contributed by atoms with Gasteiger partial charge in [-0.25, -0.2) is 0 Å². The number of ether oxygens (including phenoxy) is 1. The fraction of sp³-hybridized carbons (Fsp3) is 0.941. The van der Waals surface area contributed by atoms with E-state index in [9.17, 15) is 4.79 Å². The topological polar surface area (TPSA) is 41.6 Å². The lowest BCUT2D eigenvalue weighted by molar-refractivity contribution is -0.156. The summed E-state index contributed by atoms with van der Waals surface area (Å²) >= 11 is 0. The van der Waals surface area contributed by atoms with Crippen LogP contribution in [0.3, 0.4) is 0 Å². The number of carbonyl (C=O) groups excluding carboxylic acids is 1. The third kappa shape index (κ3) is 6.35. The highest BCUT2D eigenvalue weighted by Crippen LogP contribution is 2.24. The fourth-order valence-corrected chi connectivity index (χ4v) is 3.42. The zero-order chi connectivity index (χ0) is 15.3. The van der Waals surface area contributed by atoms with Crippen LogP contribution in [0.1, 0.15) is 52.9 Å². The molecule has 2 fully saturated rings. The zero-order valence-electron chi connectivity index (χ0n) is 14.0. The summed E-state index contributed by atoms with van der Waals surface area (Å²) in [5, 5.41) is 3.43. The van der Waals surface area contributed by atoms with Crippen molar-refractivity contribution in [3.63, 3.8) is 0 Å². The molecule has 0 aromatic heterocycles. The van der Waals surface area contributed by atoms with Crippen LogP contribution in [0.25, 0.3) is 0 Å². The zero-order valence-corrected chi connectivity index (χ0v) is 14.0. The molecule has 0 bridgehead atoms. The van der Waals surface area contributed by atoms with Crippen LogP contribution in [0.5, 0.6) is 0 Å². The van der Waals surface area contributed by atoms with Gasteiger partial charge in [-0.3, -0.25) is 4.79 Å². The number of esters is 1. The Labute approximate surface area is 129 Å². The Morgan fingerprint density at radius 2 is 1.71 bits per heavy atom. The van der Waals surface area contributed by atoms with E-state index in [0.717, 1.165) is 31.8 Å². The van der Waals surface area contributed by atoms with Gasteiger partial charge in [0.2, 0.25) is 0 Å². The number of nitrogens with zero attached hydrogens (tertiary/aromatic N) is 1. The van der Waals surface area contributed by atoms with Crippen LogP contribution < -0.4 is 5.32 Å². The summed E-state index contributed by atoms with van der Waals surface area (Å²) in [6.45, 7) is 11.7. The fourth-order valence-electron chi connectivity index (χ4n) is 3.42. The molecule has 2 rings (SSSR count). The molecule has 122 valence electrons. The van der Waals surface area contributed by atoms with Gasteiger partial charge in [0, 0.05) is 13.0 Å². The van der Waals surface area contributed by atoms with Crippen molar-refractivity contribution in [2.45, 2.75) is 58.5 Å². The van der Waals surface area contributed by atoms with Gasteiger partial charge in [-0.05, 0) is 84.5 Å². The number of rotatable bonds is 4. The molecule has 0 radical (unpaired) electrons. The molecule has 0 aliphatic carbocycles. The molecule has 0 aromatic rings. The van der Waals surface area contributed by atoms with Gasteiger partial charge in [-0.2, -0.15) is 0 Å². The van der Waals surface area contributed by atoms with Crippen LogP contribution in [0, 0.1) is 11.8 Å². The highest BCUT2D eigenvalue weighted by Gasteiger charge is 2.26. The molecule has 0 aromatic carbocycles. The summed E-state index contributed by atoms with van der Waals surface area (Å²) in [5.74, 6) is 1.36. The molecule has 4 nitrogen and oxygen atoms in total. The summed E-state index contributed by atoms with van der Waals surface area (Å²) < 4.78 is 5.43. The molecule has 0 spiro atoms. The van der Waals surface area contributed by atoms with Crippen LogP contribution >= 0.6 is 0 Å². The van der Waals surface area contributed by atoms with Crippen molar-refractivity contribution >= 4 is 5.97 Å². The summed E-state index contributed by atoms with van der Waals surface area (Å²) in [5.41, 5.74) is -0.354. The average molecular weight is 296 g/mol. The number of nitrogens with one attached hydrogen (secondary N) is 1. The molecule has 4 heteroatoms. The van der Waals surface area contributed by atoms with Crippen molar-refractivity contribution in [1.29, 1.82) is 0 Å². The minimum atomic E-state index is -0.354.